The topological polar surface area (TPSA) is 107 Å². The normalized spacial score (nSPS) is 8.07. The van der Waals surface area contributed by atoms with Gasteiger partial charge in [0.05, 0.1) is 5.69 Å². The number of carboxylic acids is 2. The molecule has 0 bridgehead atoms. The van der Waals surface area contributed by atoms with Gasteiger partial charge < -0.3 is 10.2 Å². The van der Waals surface area contributed by atoms with Crippen molar-refractivity contribution in [2.75, 3.05) is 5.48 Å². The number of hydrogen-bond acceptors (Lipinski definition) is 4. The number of para-hydroxylation sites is 1. The van der Waals surface area contributed by atoms with Crippen molar-refractivity contribution < 1.29 is 25.0 Å². The maximum atomic E-state index is 9.10. The van der Waals surface area contributed by atoms with Crippen LogP contribution in [-0.4, -0.2) is 27.4 Å². The van der Waals surface area contributed by atoms with Crippen LogP contribution in [0.5, 0.6) is 0 Å². The molecule has 6 heteroatoms. The standard InChI is InChI=1S/C6H7NO.C2H2O4/c8-7-6-4-2-1-3-5-6;3-1(4)2(5)6/h1-5,7-8H;(H,3,4)(H,5,6). The van der Waals surface area contributed by atoms with Crippen LogP contribution in [-0.2, 0) is 9.59 Å². The highest BCUT2D eigenvalue weighted by Gasteiger charge is 2.04. The molecule has 6 nitrogen and oxygen atoms in total. The van der Waals surface area contributed by atoms with Crippen LogP contribution in [0.3, 0.4) is 0 Å². The Bertz CT molecular complexity index is 286. The highest BCUT2D eigenvalue weighted by Crippen LogP contribution is 2.01. The number of aliphatic carboxylic acids is 2. The third kappa shape index (κ3) is 5.56. The van der Waals surface area contributed by atoms with Crippen LogP contribution >= 0.6 is 0 Å². The van der Waals surface area contributed by atoms with E-state index in [-0.39, 0.29) is 0 Å². The molecule has 0 aliphatic rings. The lowest BCUT2D eigenvalue weighted by Gasteiger charge is -1.92. The van der Waals surface area contributed by atoms with Gasteiger partial charge in [-0.1, -0.05) is 18.2 Å². The van der Waals surface area contributed by atoms with E-state index in [9.17, 15) is 0 Å². The summed E-state index contributed by atoms with van der Waals surface area (Å²) in [6, 6.07) is 9.14. The third-order valence-corrected chi connectivity index (χ3v) is 1.09. The van der Waals surface area contributed by atoms with E-state index in [0.29, 0.717) is 5.69 Å². The number of anilines is 1. The number of nitrogens with one attached hydrogen (secondary N) is 1. The molecule has 0 unspecified atom stereocenters. The molecule has 0 amide bonds. The number of carbonyl (C=O) groups is 2. The fourth-order valence-corrected chi connectivity index (χ4v) is 0.513. The Labute approximate surface area is 79.4 Å². The maximum absolute atomic E-state index is 9.10. The molecule has 1 aromatic rings. The molecular weight excluding hydrogens is 190 g/mol. The van der Waals surface area contributed by atoms with E-state index in [4.69, 9.17) is 25.0 Å². The second-order valence-corrected chi connectivity index (χ2v) is 2.09. The van der Waals surface area contributed by atoms with Crippen LogP contribution in [0.1, 0.15) is 0 Å². The number of carboxylic acid groups (broad SMARTS) is 2. The molecule has 0 spiro atoms. The average Bonchev–Trinajstić information content (AvgIpc) is 2.20. The van der Waals surface area contributed by atoms with Crippen molar-refractivity contribution in [2.24, 2.45) is 0 Å². The molecule has 0 saturated heterocycles. The van der Waals surface area contributed by atoms with E-state index in [1.165, 1.54) is 0 Å². The predicted molar refractivity (Wildman–Crippen MR) is 47.1 cm³/mol. The van der Waals surface area contributed by atoms with Crippen molar-refractivity contribution in [1.82, 2.24) is 0 Å². The smallest absolute Gasteiger partial charge is 0.414 e. The van der Waals surface area contributed by atoms with E-state index in [1.807, 2.05) is 23.7 Å². The summed E-state index contributed by atoms with van der Waals surface area (Å²) in [5.41, 5.74) is 2.74. The van der Waals surface area contributed by atoms with E-state index in [1.54, 1.807) is 12.1 Å². The van der Waals surface area contributed by atoms with Gasteiger partial charge >= 0.3 is 11.9 Å². The molecule has 1 aromatic carbocycles. The zero-order chi connectivity index (χ0) is 11.0. The minimum atomic E-state index is -1.82. The van der Waals surface area contributed by atoms with Gasteiger partial charge in [0.1, 0.15) is 0 Å². The molecule has 0 atom stereocenters. The molecular formula is C8H9NO5. The molecule has 0 aromatic heterocycles. The zero-order valence-electron chi connectivity index (χ0n) is 7.04. The Morgan fingerprint density at radius 1 is 1.00 bits per heavy atom. The fraction of sp³-hybridized carbons (Fsp3) is 0. The molecule has 1 rings (SSSR count). The molecule has 0 fully saturated rings. The van der Waals surface area contributed by atoms with Crippen molar-refractivity contribution in [3.63, 3.8) is 0 Å². The van der Waals surface area contributed by atoms with Crippen molar-refractivity contribution in [3.05, 3.63) is 30.3 Å². The molecule has 0 radical (unpaired) electrons. The molecule has 14 heavy (non-hydrogen) atoms. The summed E-state index contributed by atoms with van der Waals surface area (Å²) in [6.45, 7) is 0. The van der Waals surface area contributed by atoms with E-state index < -0.39 is 11.9 Å². The Balaban J connectivity index is 0.000000255. The van der Waals surface area contributed by atoms with Gasteiger partial charge in [-0.2, -0.15) is 0 Å². The monoisotopic (exact) mass is 199 g/mol. The fourth-order valence-electron chi connectivity index (χ4n) is 0.513. The quantitative estimate of drug-likeness (QED) is 0.390. The second kappa shape index (κ2) is 6.44. The van der Waals surface area contributed by atoms with Crippen molar-refractivity contribution in [2.45, 2.75) is 0 Å². The van der Waals surface area contributed by atoms with Gasteiger partial charge in [0.2, 0.25) is 0 Å². The van der Waals surface area contributed by atoms with Gasteiger partial charge in [0.25, 0.3) is 0 Å². The van der Waals surface area contributed by atoms with Gasteiger partial charge in [-0.3, -0.25) is 10.7 Å². The summed E-state index contributed by atoms with van der Waals surface area (Å²) in [6.07, 6.45) is 0. The van der Waals surface area contributed by atoms with Gasteiger partial charge in [0, 0.05) is 0 Å². The summed E-state index contributed by atoms with van der Waals surface area (Å²) < 4.78 is 0. The minimum absolute atomic E-state index is 0.715. The summed E-state index contributed by atoms with van der Waals surface area (Å²) in [4.78, 5) is 18.2. The van der Waals surface area contributed by atoms with Crippen LogP contribution in [0.4, 0.5) is 5.69 Å². The molecule has 0 aliphatic carbocycles. The van der Waals surface area contributed by atoms with E-state index >= 15 is 0 Å². The lowest BCUT2D eigenvalue weighted by molar-refractivity contribution is -0.159. The van der Waals surface area contributed by atoms with Gasteiger partial charge in [0.15, 0.2) is 0 Å². The van der Waals surface area contributed by atoms with Gasteiger partial charge in [-0.05, 0) is 12.1 Å². The SMILES string of the molecule is O=C(O)C(=O)O.ONc1ccccc1. The Hall–Kier alpha value is -2.08. The summed E-state index contributed by atoms with van der Waals surface area (Å²) in [5, 5.41) is 23.1. The second-order valence-electron chi connectivity index (χ2n) is 2.09. The molecule has 76 valence electrons. The van der Waals surface area contributed by atoms with Crippen LogP contribution in [0, 0.1) is 0 Å². The van der Waals surface area contributed by atoms with Crippen molar-refractivity contribution in [1.29, 1.82) is 0 Å². The lowest BCUT2D eigenvalue weighted by atomic mass is 10.3. The first-order valence-corrected chi connectivity index (χ1v) is 3.49. The Kier molecular flexibility index (Phi) is 5.48. The average molecular weight is 199 g/mol. The Morgan fingerprint density at radius 3 is 1.64 bits per heavy atom. The van der Waals surface area contributed by atoms with Crippen molar-refractivity contribution in [3.8, 4) is 0 Å². The van der Waals surface area contributed by atoms with Gasteiger partial charge in [-0.25, -0.2) is 9.59 Å². The molecule has 0 saturated carbocycles. The van der Waals surface area contributed by atoms with Crippen LogP contribution in [0.25, 0.3) is 0 Å². The summed E-state index contributed by atoms with van der Waals surface area (Å²) >= 11 is 0. The highest BCUT2D eigenvalue weighted by molar-refractivity contribution is 6.27. The van der Waals surface area contributed by atoms with Crippen molar-refractivity contribution >= 4 is 17.6 Å². The minimum Gasteiger partial charge on any atom is -0.473 e. The first-order valence-electron chi connectivity index (χ1n) is 3.49. The molecule has 0 aliphatic heterocycles. The Morgan fingerprint density at radius 2 is 1.43 bits per heavy atom. The van der Waals surface area contributed by atoms with Crippen LogP contribution < -0.4 is 5.48 Å². The number of benzene rings is 1. The number of hydrogen-bond donors (Lipinski definition) is 4. The van der Waals surface area contributed by atoms with Crippen LogP contribution in [0.2, 0.25) is 0 Å². The van der Waals surface area contributed by atoms with E-state index in [2.05, 4.69) is 0 Å². The largest absolute Gasteiger partial charge is 0.473 e. The highest BCUT2D eigenvalue weighted by atomic mass is 16.5. The molecule has 4 N–H and O–H groups in total. The van der Waals surface area contributed by atoms with Gasteiger partial charge in [-0.15, -0.1) is 0 Å². The van der Waals surface area contributed by atoms with Crippen LogP contribution in [0.15, 0.2) is 30.3 Å². The first kappa shape index (κ1) is 11.9. The number of rotatable bonds is 1. The predicted octanol–water partition coefficient (Wildman–Crippen LogP) is 0.643. The lowest BCUT2D eigenvalue weighted by Crippen LogP contribution is -2.09. The summed E-state index contributed by atoms with van der Waals surface area (Å²) in [7, 11) is 0. The first-order chi connectivity index (χ1) is 6.57. The maximum Gasteiger partial charge on any atom is 0.414 e. The molecule has 0 heterocycles. The zero-order valence-corrected chi connectivity index (χ0v) is 7.04. The summed E-state index contributed by atoms with van der Waals surface area (Å²) in [5.74, 6) is -3.65. The van der Waals surface area contributed by atoms with E-state index in [0.717, 1.165) is 0 Å². The third-order valence-electron chi connectivity index (χ3n) is 1.09.